The number of ketones is 1. The molecule has 1 N–H and O–H groups in total. The summed E-state index contributed by atoms with van der Waals surface area (Å²) in [5.74, 6) is -1.07. The normalized spacial score (nSPS) is 14.0. The minimum atomic E-state index is -0.959. The Bertz CT molecular complexity index is 809. The highest BCUT2D eigenvalue weighted by molar-refractivity contribution is 6.12. The molecule has 0 bridgehead atoms. The fourth-order valence-electron chi connectivity index (χ4n) is 2.79. The lowest BCUT2D eigenvalue weighted by Gasteiger charge is -2.17. The number of carbonyl (C=O) groups excluding carboxylic acids is 1. The molecule has 0 saturated carbocycles. The van der Waals surface area contributed by atoms with Gasteiger partial charge in [-0.2, -0.15) is 0 Å². The van der Waals surface area contributed by atoms with Crippen LogP contribution in [-0.2, 0) is 11.4 Å². The minimum absolute atomic E-state index is 0.145. The maximum absolute atomic E-state index is 12.8. The van der Waals surface area contributed by atoms with Gasteiger partial charge in [-0.05, 0) is 26.0 Å². The molecule has 2 aromatic rings. The molecule has 0 spiro atoms. The van der Waals surface area contributed by atoms with Gasteiger partial charge in [-0.1, -0.05) is 24.3 Å². The van der Waals surface area contributed by atoms with Crippen molar-refractivity contribution >= 4 is 11.8 Å². The maximum atomic E-state index is 12.8. The number of carboxylic acid groups (broad SMARTS) is 1. The molecule has 3 rings (SSSR count). The quantitative estimate of drug-likeness (QED) is 0.932. The van der Waals surface area contributed by atoms with E-state index in [0.717, 1.165) is 5.56 Å². The lowest BCUT2D eigenvalue weighted by Crippen LogP contribution is -2.11. The van der Waals surface area contributed by atoms with E-state index in [1.165, 1.54) is 0 Å². The molecule has 0 amide bonds. The molecule has 0 radical (unpaired) electrons. The van der Waals surface area contributed by atoms with Crippen LogP contribution in [0.2, 0.25) is 0 Å². The van der Waals surface area contributed by atoms with E-state index in [9.17, 15) is 14.7 Å². The number of carboxylic acids is 1. The zero-order valence-electron chi connectivity index (χ0n) is 13.5. The van der Waals surface area contributed by atoms with Gasteiger partial charge in [0.2, 0.25) is 0 Å². The van der Waals surface area contributed by atoms with Crippen molar-refractivity contribution in [3.05, 3.63) is 58.7 Å². The predicted molar refractivity (Wildman–Crippen MR) is 87.9 cm³/mol. The van der Waals surface area contributed by atoms with Gasteiger partial charge < -0.3 is 14.6 Å². The molecule has 0 fully saturated rings. The van der Waals surface area contributed by atoms with E-state index in [2.05, 4.69) is 0 Å². The molecule has 0 saturated heterocycles. The molecule has 0 aliphatic carbocycles. The molecule has 0 aromatic heterocycles. The van der Waals surface area contributed by atoms with Crippen molar-refractivity contribution in [2.75, 3.05) is 6.61 Å². The standard InChI is InChI=1S/C19H18O5/c1-3-23-16-9-15-17(8-14(16)11(2)19(21)22)24-10-12-6-4-5-7-13(12)18(15)20/h4-9,11H,3,10H2,1-2H3,(H,21,22). The van der Waals surface area contributed by atoms with Gasteiger partial charge in [-0.25, -0.2) is 0 Å². The number of benzene rings is 2. The molecule has 5 heteroatoms. The van der Waals surface area contributed by atoms with Crippen LogP contribution in [0.1, 0.15) is 46.8 Å². The Balaban J connectivity index is 2.15. The fraction of sp³-hybridized carbons (Fsp3) is 0.263. The molecule has 124 valence electrons. The molecular weight excluding hydrogens is 308 g/mol. The second-order valence-electron chi connectivity index (χ2n) is 5.65. The topological polar surface area (TPSA) is 72.8 Å². The van der Waals surface area contributed by atoms with Gasteiger partial charge in [-0.3, -0.25) is 9.59 Å². The van der Waals surface area contributed by atoms with Crippen molar-refractivity contribution < 1.29 is 24.2 Å². The first-order valence-electron chi connectivity index (χ1n) is 7.81. The van der Waals surface area contributed by atoms with E-state index in [1.807, 2.05) is 25.1 Å². The number of rotatable bonds is 4. The van der Waals surface area contributed by atoms with E-state index in [4.69, 9.17) is 9.47 Å². The zero-order chi connectivity index (χ0) is 17.3. The third-order valence-electron chi connectivity index (χ3n) is 4.14. The summed E-state index contributed by atoms with van der Waals surface area (Å²) in [5, 5.41) is 9.32. The fourth-order valence-corrected chi connectivity index (χ4v) is 2.79. The Morgan fingerprint density at radius 1 is 1.29 bits per heavy atom. The molecule has 2 aromatic carbocycles. The van der Waals surface area contributed by atoms with Crippen LogP contribution in [0.15, 0.2) is 36.4 Å². The first-order chi connectivity index (χ1) is 11.5. The Labute approximate surface area is 139 Å². The third kappa shape index (κ3) is 2.73. The summed E-state index contributed by atoms with van der Waals surface area (Å²) in [6.45, 7) is 4.04. The van der Waals surface area contributed by atoms with E-state index in [-0.39, 0.29) is 12.4 Å². The summed E-state index contributed by atoms with van der Waals surface area (Å²) in [5.41, 5.74) is 2.30. The highest BCUT2D eigenvalue weighted by atomic mass is 16.5. The average molecular weight is 326 g/mol. The number of carbonyl (C=O) groups is 2. The van der Waals surface area contributed by atoms with E-state index in [0.29, 0.717) is 34.8 Å². The Morgan fingerprint density at radius 2 is 2.04 bits per heavy atom. The van der Waals surface area contributed by atoms with Gasteiger partial charge in [0.25, 0.3) is 0 Å². The van der Waals surface area contributed by atoms with E-state index < -0.39 is 11.9 Å². The lowest BCUT2D eigenvalue weighted by atomic mass is 9.94. The van der Waals surface area contributed by atoms with Crippen LogP contribution in [0.4, 0.5) is 0 Å². The second-order valence-corrected chi connectivity index (χ2v) is 5.65. The highest BCUT2D eigenvalue weighted by Crippen LogP contribution is 2.37. The number of ether oxygens (including phenoxy) is 2. The molecule has 1 unspecified atom stereocenters. The number of fused-ring (bicyclic) bond motifs is 2. The van der Waals surface area contributed by atoms with Crippen LogP contribution in [-0.4, -0.2) is 23.5 Å². The molecule has 1 aliphatic heterocycles. The summed E-state index contributed by atoms with van der Waals surface area (Å²) >= 11 is 0. The first kappa shape index (κ1) is 16.1. The predicted octanol–water partition coefficient (Wildman–Crippen LogP) is 3.40. The van der Waals surface area contributed by atoms with Gasteiger partial charge in [0.05, 0.1) is 18.1 Å². The monoisotopic (exact) mass is 326 g/mol. The van der Waals surface area contributed by atoms with Gasteiger partial charge in [-0.15, -0.1) is 0 Å². The molecular formula is C19H18O5. The van der Waals surface area contributed by atoms with Crippen LogP contribution >= 0.6 is 0 Å². The average Bonchev–Trinajstić information content (AvgIpc) is 2.72. The van der Waals surface area contributed by atoms with E-state index in [1.54, 1.807) is 25.1 Å². The molecule has 5 nitrogen and oxygen atoms in total. The number of aliphatic carboxylic acids is 1. The SMILES string of the molecule is CCOc1cc2c(cc1C(C)C(=O)O)OCc1ccccc1C2=O. The van der Waals surface area contributed by atoms with Gasteiger partial charge in [0, 0.05) is 16.7 Å². The van der Waals surface area contributed by atoms with Crippen LogP contribution < -0.4 is 9.47 Å². The Hall–Kier alpha value is -2.82. The summed E-state index contributed by atoms with van der Waals surface area (Å²) in [4.78, 5) is 24.2. The van der Waals surface area contributed by atoms with Crippen molar-refractivity contribution in [3.63, 3.8) is 0 Å². The molecule has 24 heavy (non-hydrogen) atoms. The van der Waals surface area contributed by atoms with Crippen molar-refractivity contribution in [2.24, 2.45) is 0 Å². The van der Waals surface area contributed by atoms with Gasteiger partial charge in [0.1, 0.15) is 18.1 Å². The third-order valence-corrected chi connectivity index (χ3v) is 4.14. The highest BCUT2D eigenvalue weighted by Gasteiger charge is 2.27. The van der Waals surface area contributed by atoms with Crippen molar-refractivity contribution in [1.29, 1.82) is 0 Å². The molecule has 1 heterocycles. The van der Waals surface area contributed by atoms with Crippen LogP contribution in [0.5, 0.6) is 11.5 Å². The summed E-state index contributed by atoms with van der Waals surface area (Å²) in [6, 6.07) is 10.5. The number of hydrogen-bond acceptors (Lipinski definition) is 4. The Morgan fingerprint density at radius 3 is 2.75 bits per heavy atom. The second kappa shape index (κ2) is 6.35. The molecule has 1 atom stereocenters. The summed E-state index contributed by atoms with van der Waals surface area (Å²) < 4.78 is 11.4. The minimum Gasteiger partial charge on any atom is -0.494 e. The van der Waals surface area contributed by atoms with Crippen molar-refractivity contribution in [2.45, 2.75) is 26.4 Å². The Kier molecular flexibility index (Phi) is 4.25. The zero-order valence-corrected chi connectivity index (χ0v) is 13.5. The van der Waals surface area contributed by atoms with Crippen LogP contribution in [0.25, 0.3) is 0 Å². The van der Waals surface area contributed by atoms with Gasteiger partial charge in [0.15, 0.2) is 5.78 Å². The van der Waals surface area contributed by atoms with E-state index >= 15 is 0 Å². The first-order valence-corrected chi connectivity index (χ1v) is 7.81. The maximum Gasteiger partial charge on any atom is 0.310 e. The van der Waals surface area contributed by atoms with Gasteiger partial charge >= 0.3 is 5.97 Å². The largest absolute Gasteiger partial charge is 0.494 e. The molecule has 1 aliphatic rings. The smallest absolute Gasteiger partial charge is 0.310 e. The lowest BCUT2D eigenvalue weighted by molar-refractivity contribution is -0.138. The summed E-state index contributed by atoms with van der Waals surface area (Å²) in [7, 11) is 0. The van der Waals surface area contributed by atoms with Crippen molar-refractivity contribution in [1.82, 2.24) is 0 Å². The summed E-state index contributed by atoms with van der Waals surface area (Å²) in [6.07, 6.45) is 0. The van der Waals surface area contributed by atoms with Crippen molar-refractivity contribution in [3.8, 4) is 11.5 Å². The number of hydrogen-bond donors (Lipinski definition) is 1. The van der Waals surface area contributed by atoms with Crippen LogP contribution in [0, 0.1) is 0 Å². The van der Waals surface area contributed by atoms with Crippen LogP contribution in [0.3, 0.4) is 0 Å².